The Morgan fingerprint density at radius 3 is 2.38 bits per heavy atom. The van der Waals surface area contributed by atoms with Gasteiger partial charge in [-0.05, 0) is 28.8 Å². The summed E-state index contributed by atoms with van der Waals surface area (Å²) in [6, 6.07) is 25.7. The summed E-state index contributed by atoms with van der Waals surface area (Å²) >= 11 is 3.51. The van der Waals surface area contributed by atoms with Gasteiger partial charge in [0.2, 0.25) is 5.91 Å². The molecule has 8 nitrogen and oxygen atoms in total. The van der Waals surface area contributed by atoms with Gasteiger partial charge in [-0.1, -0.05) is 94.8 Å². The number of carbonyl (C=O) groups excluding carboxylic acids is 3. The number of fused-ring (bicyclic) bond motifs is 1. The van der Waals surface area contributed by atoms with Crippen LogP contribution in [0.25, 0.3) is 0 Å². The minimum Gasteiger partial charge on any atom is -0.333 e. The van der Waals surface area contributed by atoms with Gasteiger partial charge in [0.1, 0.15) is 12.2 Å². The highest BCUT2D eigenvalue weighted by Gasteiger charge is 2.52. The second-order valence-corrected chi connectivity index (χ2v) is 10.5. The maximum Gasteiger partial charge on any atom is 0.332 e. The van der Waals surface area contributed by atoms with Crippen LogP contribution >= 0.6 is 15.9 Å². The normalized spacial score (nSPS) is 19.1. The minimum absolute atomic E-state index is 0.0153. The Kier molecular flexibility index (Phi) is 8.09. The van der Waals surface area contributed by atoms with E-state index in [1.807, 2.05) is 84.9 Å². The van der Waals surface area contributed by atoms with Crippen LogP contribution in [-0.2, 0) is 22.7 Å². The Balaban J connectivity index is 1.45. The lowest BCUT2D eigenvalue weighted by atomic mass is 10.00. The molecule has 2 fully saturated rings. The summed E-state index contributed by atoms with van der Waals surface area (Å²) in [5.74, 6) is -0.342. The first kappa shape index (κ1) is 26.6. The third-order valence-electron chi connectivity index (χ3n) is 6.97. The highest BCUT2D eigenvalue weighted by molar-refractivity contribution is 9.10. The first-order valence-corrected chi connectivity index (χ1v) is 13.6. The number of halogens is 1. The van der Waals surface area contributed by atoms with Gasteiger partial charge in [0.05, 0.1) is 19.6 Å². The van der Waals surface area contributed by atoms with Crippen molar-refractivity contribution < 1.29 is 14.4 Å². The fraction of sp³-hybridized carbons (Fsp3) is 0.233. The summed E-state index contributed by atoms with van der Waals surface area (Å²) in [6.45, 7) is 5.03. The molecule has 2 atom stereocenters. The van der Waals surface area contributed by atoms with E-state index in [1.165, 1.54) is 5.01 Å². The number of nitrogens with zero attached hydrogens (tertiary/aromatic N) is 4. The monoisotopic (exact) mass is 587 g/mol. The van der Waals surface area contributed by atoms with Gasteiger partial charge in [-0.25, -0.2) is 4.79 Å². The molecule has 0 unspecified atom stereocenters. The van der Waals surface area contributed by atoms with Gasteiger partial charge in [0, 0.05) is 17.6 Å². The Hall–Kier alpha value is -3.95. The second kappa shape index (κ2) is 11.8. The van der Waals surface area contributed by atoms with E-state index in [2.05, 4.69) is 27.8 Å². The van der Waals surface area contributed by atoms with Gasteiger partial charge >= 0.3 is 6.03 Å². The zero-order valence-electron chi connectivity index (χ0n) is 21.4. The fourth-order valence-corrected chi connectivity index (χ4v) is 5.63. The van der Waals surface area contributed by atoms with Crippen LogP contribution in [0.2, 0.25) is 0 Å². The molecule has 0 aromatic heterocycles. The van der Waals surface area contributed by atoms with Crippen LogP contribution in [0.1, 0.15) is 22.7 Å². The van der Waals surface area contributed by atoms with E-state index in [-0.39, 0.29) is 37.5 Å². The van der Waals surface area contributed by atoms with Crippen molar-refractivity contribution in [3.63, 3.8) is 0 Å². The smallest absolute Gasteiger partial charge is 0.332 e. The van der Waals surface area contributed by atoms with Crippen LogP contribution in [-0.4, -0.2) is 63.5 Å². The van der Waals surface area contributed by atoms with E-state index < -0.39 is 12.2 Å². The molecule has 4 amide bonds. The van der Waals surface area contributed by atoms with Crippen LogP contribution < -0.4 is 5.32 Å². The molecule has 3 aromatic rings. The van der Waals surface area contributed by atoms with Crippen molar-refractivity contribution in [3.8, 4) is 0 Å². The molecule has 0 aliphatic carbocycles. The molecule has 0 saturated carbocycles. The highest BCUT2D eigenvalue weighted by Crippen LogP contribution is 2.36. The zero-order valence-corrected chi connectivity index (χ0v) is 23.0. The van der Waals surface area contributed by atoms with Gasteiger partial charge in [0.15, 0.2) is 0 Å². The third kappa shape index (κ3) is 5.74. The average Bonchev–Trinajstić information content (AvgIpc) is 3.27. The molecule has 2 aliphatic heterocycles. The van der Waals surface area contributed by atoms with E-state index in [0.717, 1.165) is 21.2 Å². The first-order chi connectivity index (χ1) is 19.0. The largest absolute Gasteiger partial charge is 0.333 e. The van der Waals surface area contributed by atoms with Crippen molar-refractivity contribution in [2.75, 3.05) is 19.6 Å². The number of hydrogen-bond donors (Lipinski definition) is 1. The summed E-state index contributed by atoms with van der Waals surface area (Å²) in [5.41, 5.74) is 2.68. The molecule has 2 aliphatic rings. The van der Waals surface area contributed by atoms with Crippen LogP contribution in [0.4, 0.5) is 4.79 Å². The number of benzene rings is 3. The molecule has 200 valence electrons. The highest BCUT2D eigenvalue weighted by atomic mass is 79.9. The lowest BCUT2D eigenvalue weighted by Gasteiger charge is -2.46. The maximum absolute atomic E-state index is 13.9. The van der Waals surface area contributed by atoms with E-state index in [9.17, 15) is 14.4 Å². The van der Waals surface area contributed by atoms with E-state index in [1.54, 1.807) is 20.9 Å². The number of hydrazine groups is 1. The number of piperazine rings is 1. The average molecular weight is 589 g/mol. The predicted molar refractivity (Wildman–Crippen MR) is 152 cm³/mol. The minimum atomic E-state index is -0.785. The van der Waals surface area contributed by atoms with Crippen LogP contribution in [0.15, 0.2) is 102 Å². The van der Waals surface area contributed by atoms with Crippen molar-refractivity contribution in [1.82, 2.24) is 25.1 Å². The van der Waals surface area contributed by atoms with Gasteiger partial charge in [-0.15, -0.1) is 6.58 Å². The second-order valence-electron chi connectivity index (χ2n) is 9.56. The molecule has 0 radical (unpaired) electrons. The molecule has 1 N–H and O–H groups in total. The number of urea groups is 1. The molecule has 9 heteroatoms. The van der Waals surface area contributed by atoms with Gasteiger partial charge in [-0.2, -0.15) is 5.01 Å². The summed E-state index contributed by atoms with van der Waals surface area (Å²) in [7, 11) is 0. The molecule has 39 heavy (non-hydrogen) atoms. The molecular weight excluding hydrogens is 558 g/mol. The Morgan fingerprint density at radius 2 is 1.69 bits per heavy atom. The molecule has 3 aromatic carbocycles. The van der Waals surface area contributed by atoms with Gasteiger partial charge in [0.25, 0.3) is 5.91 Å². The maximum atomic E-state index is 13.9. The van der Waals surface area contributed by atoms with Crippen molar-refractivity contribution in [1.29, 1.82) is 0 Å². The third-order valence-corrected chi connectivity index (χ3v) is 7.46. The number of nitrogens with one attached hydrogen (secondary N) is 1. The number of hydrogen-bond acceptors (Lipinski definition) is 4. The predicted octanol–water partition coefficient (Wildman–Crippen LogP) is 4.32. The van der Waals surface area contributed by atoms with Crippen LogP contribution in [0, 0.1) is 0 Å². The molecule has 0 bridgehead atoms. The van der Waals surface area contributed by atoms with Crippen LogP contribution in [0.3, 0.4) is 0 Å². The SMILES string of the molecule is C=CCN(C(=O)NCc1ccccc1)N1CC(=O)N2[C@@H](c3ccccc3)C(=O)N(Cc3cccc(Br)c3)C[C@@H]21. The summed E-state index contributed by atoms with van der Waals surface area (Å²) in [4.78, 5) is 44.2. The van der Waals surface area contributed by atoms with Crippen molar-refractivity contribution in [2.45, 2.75) is 25.3 Å². The Labute approximate surface area is 236 Å². The molecule has 0 spiro atoms. The molecule has 2 heterocycles. The summed E-state index contributed by atoms with van der Waals surface area (Å²) < 4.78 is 0.926. The number of rotatable bonds is 8. The topological polar surface area (TPSA) is 76.2 Å². The summed E-state index contributed by atoms with van der Waals surface area (Å²) in [6.07, 6.45) is 1.12. The lowest BCUT2D eigenvalue weighted by molar-refractivity contribution is -0.158. The lowest BCUT2D eigenvalue weighted by Crippen LogP contribution is -2.62. The van der Waals surface area contributed by atoms with E-state index >= 15 is 0 Å². The van der Waals surface area contributed by atoms with Gasteiger partial charge in [-0.3, -0.25) is 14.6 Å². The first-order valence-electron chi connectivity index (χ1n) is 12.8. The Bertz CT molecular complexity index is 1350. The van der Waals surface area contributed by atoms with Crippen molar-refractivity contribution in [3.05, 3.63) is 119 Å². The zero-order chi connectivity index (χ0) is 27.4. The van der Waals surface area contributed by atoms with E-state index in [4.69, 9.17) is 0 Å². The Morgan fingerprint density at radius 1 is 1.00 bits per heavy atom. The molecular formula is C30H30BrN5O3. The molecule has 2 saturated heterocycles. The number of amides is 4. The van der Waals surface area contributed by atoms with Gasteiger partial charge < -0.3 is 15.1 Å². The van der Waals surface area contributed by atoms with Crippen LogP contribution in [0.5, 0.6) is 0 Å². The molecule has 5 rings (SSSR count). The quantitative estimate of drug-likeness (QED) is 0.398. The van der Waals surface area contributed by atoms with Crippen molar-refractivity contribution >= 4 is 33.8 Å². The van der Waals surface area contributed by atoms with Crippen molar-refractivity contribution in [2.24, 2.45) is 0 Å². The van der Waals surface area contributed by atoms with E-state index in [0.29, 0.717) is 13.1 Å². The summed E-state index contributed by atoms with van der Waals surface area (Å²) in [5, 5.41) is 6.25. The fourth-order valence-electron chi connectivity index (χ4n) is 5.19. The number of carbonyl (C=O) groups is 3. The standard InChI is InChI=1S/C30H30BrN5O3/c1-2-16-34(30(39)32-18-22-10-5-3-6-11-22)35-21-27(37)36-26(35)20-33(19-23-12-9-15-25(31)17-23)29(38)28(36)24-13-7-4-8-14-24/h2-15,17,26,28H,1,16,18-21H2,(H,32,39)/t26-,28+/m1/s1.